The topological polar surface area (TPSA) is 52.3 Å². The molecule has 0 aliphatic rings. The molecule has 1 heterocycles. The fourth-order valence-corrected chi connectivity index (χ4v) is 3.60. The van der Waals surface area contributed by atoms with Crippen molar-refractivity contribution in [2.24, 2.45) is 11.1 Å². The molecule has 2 N–H and O–H groups in total. The van der Waals surface area contributed by atoms with E-state index in [1.807, 2.05) is 6.92 Å². The molecule has 1 rings (SSSR count). The van der Waals surface area contributed by atoms with Gasteiger partial charge >= 0.3 is 5.97 Å². The molecule has 19 heavy (non-hydrogen) atoms. The van der Waals surface area contributed by atoms with Crippen molar-refractivity contribution in [3.05, 3.63) is 20.3 Å². The number of hydrogen-bond donors (Lipinski definition) is 1. The molecule has 0 aliphatic heterocycles. The summed E-state index contributed by atoms with van der Waals surface area (Å²) in [6.45, 7) is 8.42. The van der Waals surface area contributed by atoms with E-state index in [9.17, 15) is 4.79 Å². The normalized spacial score (nSPS) is 13.4. The van der Waals surface area contributed by atoms with E-state index in [-0.39, 0.29) is 17.4 Å². The maximum absolute atomic E-state index is 11.6. The summed E-state index contributed by atoms with van der Waals surface area (Å²) in [5, 5.41) is 0. The Labute approximate surface area is 127 Å². The summed E-state index contributed by atoms with van der Waals surface area (Å²) < 4.78 is 6.11. The fraction of sp³-hybridized carbons (Fsp3) is 0.643. The number of carbonyl (C=O) groups is 1. The van der Waals surface area contributed by atoms with Gasteiger partial charge in [0.15, 0.2) is 0 Å². The monoisotopic (exact) mass is 347 g/mol. The maximum Gasteiger partial charge on any atom is 0.306 e. The van der Waals surface area contributed by atoms with Crippen LogP contribution in [0, 0.1) is 12.3 Å². The second-order valence-corrected chi connectivity index (χ2v) is 7.65. The molecule has 1 aromatic heterocycles. The standard InChI is InChI=1S/C14H22BrNO2S/c1-5-18-13(17)8-14(3,4)7-11(16)12-6-10(15)9(2)19-12/h6,11H,5,7-8,16H2,1-4H3. The Morgan fingerprint density at radius 1 is 1.58 bits per heavy atom. The number of hydrogen-bond acceptors (Lipinski definition) is 4. The van der Waals surface area contributed by atoms with Crippen LogP contribution in [0.3, 0.4) is 0 Å². The summed E-state index contributed by atoms with van der Waals surface area (Å²) >= 11 is 5.21. The predicted molar refractivity (Wildman–Crippen MR) is 83.3 cm³/mol. The van der Waals surface area contributed by atoms with E-state index < -0.39 is 0 Å². The molecule has 0 saturated heterocycles. The van der Waals surface area contributed by atoms with Gasteiger partial charge < -0.3 is 10.5 Å². The number of ether oxygens (including phenoxy) is 1. The van der Waals surface area contributed by atoms with Crippen LogP contribution in [0.2, 0.25) is 0 Å². The van der Waals surface area contributed by atoms with Gasteiger partial charge in [0.2, 0.25) is 0 Å². The highest BCUT2D eigenvalue weighted by Crippen LogP contribution is 2.36. The van der Waals surface area contributed by atoms with E-state index in [0.717, 1.165) is 15.8 Å². The van der Waals surface area contributed by atoms with Crippen molar-refractivity contribution in [2.75, 3.05) is 6.61 Å². The third-order valence-electron chi connectivity index (χ3n) is 2.94. The Kier molecular flexibility index (Phi) is 6.02. The average Bonchev–Trinajstić information content (AvgIpc) is 2.58. The minimum Gasteiger partial charge on any atom is -0.466 e. The van der Waals surface area contributed by atoms with Gasteiger partial charge in [-0.25, -0.2) is 0 Å². The summed E-state index contributed by atoms with van der Waals surface area (Å²) in [4.78, 5) is 14.0. The highest BCUT2D eigenvalue weighted by atomic mass is 79.9. The largest absolute Gasteiger partial charge is 0.466 e. The average molecular weight is 348 g/mol. The molecule has 1 atom stereocenters. The molecular formula is C14H22BrNO2S. The van der Waals surface area contributed by atoms with Crippen LogP contribution in [0.4, 0.5) is 0 Å². The van der Waals surface area contributed by atoms with Crippen molar-refractivity contribution in [3.8, 4) is 0 Å². The summed E-state index contributed by atoms with van der Waals surface area (Å²) in [6.07, 6.45) is 1.16. The van der Waals surface area contributed by atoms with Gasteiger partial charge in [-0.15, -0.1) is 11.3 Å². The number of nitrogens with two attached hydrogens (primary N) is 1. The molecule has 0 aliphatic carbocycles. The van der Waals surface area contributed by atoms with Crippen molar-refractivity contribution in [1.82, 2.24) is 0 Å². The van der Waals surface area contributed by atoms with Gasteiger partial charge in [-0.3, -0.25) is 4.79 Å². The Morgan fingerprint density at radius 3 is 2.68 bits per heavy atom. The van der Waals surface area contributed by atoms with Crippen LogP contribution < -0.4 is 5.73 Å². The van der Waals surface area contributed by atoms with Gasteiger partial charge in [0.1, 0.15) is 0 Å². The lowest BCUT2D eigenvalue weighted by Gasteiger charge is -2.26. The molecule has 0 aromatic carbocycles. The molecule has 5 heteroatoms. The Hall–Kier alpha value is -0.390. The zero-order chi connectivity index (χ0) is 14.6. The van der Waals surface area contributed by atoms with Gasteiger partial charge in [0.05, 0.1) is 13.0 Å². The van der Waals surface area contributed by atoms with Gasteiger partial charge in [-0.05, 0) is 47.7 Å². The quantitative estimate of drug-likeness (QED) is 0.785. The maximum atomic E-state index is 11.6. The molecule has 108 valence electrons. The molecule has 0 spiro atoms. The third-order valence-corrected chi connectivity index (χ3v) is 5.21. The number of aryl methyl sites for hydroxylation is 1. The molecule has 0 radical (unpaired) electrons. The molecule has 0 saturated carbocycles. The second-order valence-electron chi connectivity index (χ2n) is 5.51. The van der Waals surface area contributed by atoms with E-state index in [4.69, 9.17) is 10.5 Å². The van der Waals surface area contributed by atoms with Crippen molar-refractivity contribution < 1.29 is 9.53 Å². The lowest BCUT2D eigenvalue weighted by molar-refractivity contribution is -0.145. The Bertz CT molecular complexity index is 423. The minimum absolute atomic E-state index is 0.0422. The van der Waals surface area contributed by atoms with Crippen LogP contribution in [-0.2, 0) is 9.53 Å². The van der Waals surface area contributed by atoms with Crippen LogP contribution in [0.25, 0.3) is 0 Å². The number of rotatable bonds is 6. The lowest BCUT2D eigenvalue weighted by atomic mass is 9.82. The Balaban J connectivity index is 2.64. The Morgan fingerprint density at radius 2 is 2.21 bits per heavy atom. The summed E-state index contributed by atoms with van der Waals surface area (Å²) in [6, 6.07) is 2.03. The van der Waals surface area contributed by atoms with E-state index in [1.54, 1.807) is 11.3 Å². The number of esters is 1. The van der Waals surface area contributed by atoms with Gasteiger partial charge in [0.25, 0.3) is 0 Å². The van der Waals surface area contributed by atoms with Crippen molar-refractivity contribution >= 4 is 33.2 Å². The van der Waals surface area contributed by atoms with Gasteiger partial charge in [-0.1, -0.05) is 13.8 Å². The zero-order valence-electron chi connectivity index (χ0n) is 12.0. The SMILES string of the molecule is CCOC(=O)CC(C)(C)CC(N)c1cc(Br)c(C)s1. The highest BCUT2D eigenvalue weighted by molar-refractivity contribution is 9.10. The first-order chi connectivity index (χ1) is 8.75. The molecule has 1 aromatic rings. The molecular weight excluding hydrogens is 326 g/mol. The van der Waals surface area contributed by atoms with Crippen LogP contribution in [0.5, 0.6) is 0 Å². The summed E-state index contributed by atoms with van der Waals surface area (Å²) in [7, 11) is 0. The molecule has 0 bridgehead atoms. The van der Waals surface area contributed by atoms with Crippen LogP contribution >= 0.6 is 27.3 Å². The van der Waals surface area contributed by atoms with Crippen molar-refractivity contribution in [2.45, 2.75) is 46.6 Å². The first-order valence-electron chi connectivity index (χ1n) is 6.42. The molecule has 0 fully saturated rings. The van der Waals surface area contributed by atoms with Gasteiger partial charge in [-0.2, -0.15) is 0 Å². The molecule has 1 unspecified atom stereocenters. The summed E-state index contributed by atoms with van der Waals surface area (Å²) in [5.41, 5.74) is 6.09. The van der Waals surface area contributed by atoms with Crippen LogP contribution in [0.1, 0.15) is 49.4 Å². The van der Waals surface area contributed by atoms with Crippen LogP contribution in [-0.4, -0.2) is 12.6 Å². The second kappa shape index (κ2) is 6.86. The minimum atomic E-state index is -0.157. The van der Waals surface area contributed by atoms with Crippen molar-refractivity contribution in [1.29, 1.82) is 0 Å². The predicted octanol–water partition coefficient (Wildman–Crippen LogP) is 4.19. The first-order valence-corrected chi connectivity index (χ1v) is 8.03. The fourth-order valence-electron chi connectivity index (χ4n) is 2.04. The smallest absolute Gasteiger partial charge is 0.306 e. The number of carbonyl (C=O) groups excluding carboxylic acids is 1. The van der Waals surface area contributed by atoms with E-state index >= 15 is 0 Å². The van der Waals surface area contributed by atoms with Gasteiger partial charge in [0, 0.05) is 20.3 Å². The van der Waals surface area contributed by atoms with E-state index in [0.29, 0.717) is 13.0 Å². The lowest BCUT2D eigenvalue weighted by Crippen LogP contribution is -2.24. The highest BCUT2D eigenvalue weighted by Gasteiger charge is 2.27. The molecule has 3 nitrogen and oxygen atoms in total. The van der Waals surface area contributed by atoms with Crippen molar-refractivity contribution in [3.63, 3.8) is 0 Å². The number of thiophene rings is 1. The summed E-state index contributed by atoms with van der Waals surface area (Å²) in [5.74, 6) is -0.150. The first kappa shape index (κ1) is 16.7. The third kappa shape index (κ3) is 5.24. The zero-order valence-corrected chi connectivity index (χ0v) is 14.4. The molecule has 0 amide bonds. The van der Waals surface area contributed by atoms with Crippen LogP contribution in [0.15, 0.2) is 10.5 Å². The van der Waals surface area contributed by atoms with E-state index in [2.05, 4.69) is 42.8 Å². The van der Waals surface area contributed by atoms with E-state index in [1.165, 1.54) is 4.88 Å². The number of halogens is 1.